The fraction of sp³-hybridized carbons (Fsp3) is 0.481. The van der Waals surface area contributed by atoms with Gasteiger partial charge in [0.15, 0.2) is 0 Å². The van der Waals surface area contributed by atoms with Crippen molar-refractivity contribution < 1.29 is 18.0 Å². The third-order valence-electron chi connectivity index (χ3n) is 6.54. The minimum Gasteiger partial charge on any atom is -0.354 e. The number of imidazole rings is 1. The Balaban J connectivity index is 1.83. The van der Waals surface area contributed by atoms with Gasteiger partial charge in [-0.2, -0.15) is 13.2 Å². The number of pyridine rings is 1. The molecule has 2 atom stereocenters. The van der Waals surface area contributed by atoms with Gasteiger partial charge < -0.3 is 14.6 Å². The van der Waals surface area contributed by atoms with E-state index in [-0.39, 0.29) is 18.4 Å². The normalized spacial score (nSPS) is 13.8. The van der Waals surface area contributed by atoms with Crippen molar-refractivity contribution in [2.45, 2.75) is 65.1 Å². The van der Waals surface area contributed by atoms with Crippen LogP contribution in [0.3, 0.4) is 0 Å². The first kappa shape index (κ1) is 26.7. The first-order valence-corrected chi connectivity index (χ1v) is 12.2. The highest BCUT2D eigenvalue weighted by Gasteiger charge is 2.32. The van der Waals surface area contributed by atoms with Crippen molar-refractivity contribution in [2.24, 2.45) is 0 Å². The number of alkyl halides is 3. The summed E-state index contributed by atoms with van der Waals surface area (Å²) in [7, 11) is 0. The molecule has 0 radical (unpaired) electrons. The molecule has 2 heterocycles. The lowest BCUT2D eigenvalue weighted by atomic mass is 9.91. The Morgan fingerprint density at radius 2 is 1.91 bits per heavy atom. The zero-order valence-electron chi connectivity index (χ0n) is 20.9. The van der Waals surface area contributed by atoms with Crippen LogP contribution >= 0.6 is 0 Å². The van der Waals surface area contributed by atoms with Crippen LogP contribution in [0.2, 0.25) is 0 Å². The topological polar surface area (TPSA) is 49.6 Å². The molecular formula is C27H35F3N4O. The van der Waals surface area contributed by atoms with Gasteiger partial charge in [-0.05, 0) is 69.6 Å². The Bertz CT molecular complexity index is 1120. The second kappa shape index (κ2) is 11.7. The molecule has 1 N–H and O–H groups in total. The van der Waals surface area contributed by atoms with Crippen molar-refractivity contribution in [3.05, 3.63) is 71.2 Å². The molecule has 2 aromatic heterocycles. The van der Waals surface area contributed by atoms with E-state index in [4.69, 9.17) is 0 Å². The van der Waals surface area contributed by atoms with E-state index in [1.165, 1.54) is 6.07 Å². The van der Waals surface area contributed by atoms with Gasteiger partial charge in [0.25, 0.3) is 0 Å². The van der Waals surface area contributed by atoms with E-state index >= 15 is 0 Å². The molecule has 1 amide bonds. The molecule has 0 aliphatic heterocycles. The molecule has 3 aromatic rings. The van der Waals surface area contributed by atoms with E-state index in [1.807, 2.05) is 36.6 Å². The zero-order chi connectivity index (χ0) is 25.6. The minimum atomic E-state index is -4.46. The van der Waals surface area contributed by atoms with Crippen molar-refractivity contribution in [2.75, 3.05) is 19.6 Å². The standard InChI is InChI=1S/C27H35F3N4O/c1-5-33(6-2)14-9-11-20(4)32-25(35)17-23(21-12-7-13-22(16-21)27(28,29)30)24-18-31-26-19(3)10-8-15-34(24)26/h7-8,10,12-13,15-16,18,20,23H,5-6,9,11,14,17H2,1-4H3,(H,32,35). The van der Waals surface area contributed by atoms with Crippen LogP contribution < -0.4 is 5.32 Å². The molecule has 2 unspecified atom stereocenters. The highest BCUT2D eigenvalue weighted by atomic mass is 19.4. The number of aryl methyl sites for hydroxylation is 1. The van der Waals surface area contributed by atoms with E-state index in [0.29, 0.717) is 11.3 Å². The number of aromatic nitrogens is 2. The number of rotatable bonds is 11. The summed E-state index contributed by atoms with van der Waals surface area (Å²) < 4.78 is 42.2. The van der Waals surface area contributed by atoms with E-state index in [9.17, 15) is 18.0 Å². The average Bonchev–Trinajstić information content (AvgIpc) is 3.25. The Hall–Kier alpha value is -2.87. The summed E-state index contributed by atoms with van der Waals surface area (Å²) in [6, 6.07) is 9.01. The number of carbonyl (C=O) groups is 1. The molecule has 0 spiro atoms. The average molecular weight is 489 g/mol. The smallest absolute Gasteiger partial charge is 0.354 e. The lowest BCUT2D eigenvalue weighted by Crippen LogP contribution is -2.34. The number of fused-ring (bicyclic) bond motifs is 1. The summed E-state index contributed by atoms with van der Waals surface area (Å²) in [6.07, 6.45) is 0.868. The molecule has 190 valence electrons. The molecule has 8 heteroatoms. The maximum atomic E-state index is 13.4. The number of nitrogens with zero attached hydrogens (tertiary/aromatic N) is 3. The minimum absolute atomic E-state index is 0.0235. The Kier molecular flexibility index (Phi) is 8.94. The molecule has 0 fully saturated rings. The maximum absolute atomic E-state index is 13.4. The van der Waals surface area contributed by atoms with Crippen molar-refractivity contribution >= 4 is 11.6 Å². The Morgan fingerprint density at radius 1 is 1.17 bits per heavy atom. The Labute approximate surface area is 205 Å². The predicted molar refractivity (Wildman–Crippen MR) is 132 cm³/mol. The molecule has 0 bridgehead atoms. The van der Waals surface area contributed by atoms with Crippen LogP contribution in [-0.4, -0.2) is 45.9 Å². The van der Waals surface area contributed by atoms with Crippen LogP contribution in [0.15, 0.2) is 48.8 Å². The van der Waals surface area contributed by atoms with Crippen molar-refractivity contribution in [1.82, 2.24) is 19.6 Å². The Morgan fingerprint density at radius 3 is 2.60 bits per heavy atom. The first-order chi connectivity index (χ1) is 16.6. The fourth-order valence-electron chi connectivity index (χ4n) is 4.51. The van der Waals surface area contributed by atoms with Crippen molar-refractivity contribution in [3.8, 4) is 0 Å². The number of nitrogens with one attached hydrogen (secondary N) is 1. The highest BCUT2D eigenvalue weighted by molar-refractivity contribution is 5.78. The first-order valence-electron chi connectivity index (χ1n) is 12.2. The third-order valence-corrected chi connectivity index (χ3v) is 6.54. The lowest BCUT2D eigenvalue weighted by Gasteiger charge is -2.22. The third kappa shape index (κ3) is 6.84. The van der Waals surface area contributed by atoms with Crippen LogP contribution in [-0.2, 0) is 11.0 Å². The summed E-state index contributed by atoms with van der Waals surface area (Å²) in [5.41, 5.74) is 2.08. The van der Waals surface area contributed by atoms with Crippen molar-refractivity contribution in [3.63, 3.8) is 0 Å². The number of halogens is 3. The van der Waals surface area contributed by atoms with Gasteiger partial charge >= 0.3 is 6.18 Å². The summed E-state index contributed by atoms with van der Waals surface area (Å²) in [6.45, 7) is 11.1. The molecule has 3 rings (SSSR count). The van der Waals surface area contributed by atoms with Gasteiger partial charge in [0, 0.05) is 30.8 Å². The molecule has 0 aliphatic rings. The largest absolute Gasteiger partial charge is 0.416 e. The van der Waals surface area contributed by atoms with E-state index < -0.39 is 17.7 Å². The van der Waals surface area contributed by atoms with Crippen LogP contribution in [0.1, 0.15) is 68.3 Å². The molecule has 35 heavy (non-hydrogen) atoms. The molecule has 5 nitrogen and oxygen atoms in total. The van der Waals surface area contributed by atoms with Gasteiger partial charge in [0.1, 0.15) is 5.65 Å². The predicted octanol–water partition coefficient (Wildman–Crippen LogP) is 5.81. The zero-order valence-corrected chi connectivity index (χ0v) is 20.9. The van der Waals surface area contributed by atoms with E-state index in [1.54, 1.807) is 12.3 Å². The molecule has 0 aliphatic carbocycles. The quantitative estimate of drug-likeness (QED) is 0.371. The SMILES string of the molecule is CCN(CC)CCCC(C)NC(=O)CC(c1cccc(C(F)(F)F)c1)c1cnc2c(C)cccn12. The number of carbonyl (C=O) groups excluding carboxylic acids is 1. The number of hydrogen-bond acceptors (Lipinski definition) is 3. The van der Waals surface area contributed by atoms with Crippen LogP contribution in [0.4, 0.5) is 13.2 Å². The van der Waals surface area contributed by atoms with Gasteiger partial charge in [-0.15, -0.1) is 0 Å². The number of benzene rings is 1. The van der Waals surface area contributed by atoms with Gasteiger partial charge in [0.05, 0.1) is 11.3 Å². The van der Waals surface area contributed by atoms with Crippen LogP contribution in [0, 0.1) is 6.92 Å². The monoisotopic (exact) mass is 488 g/mol. The van der Waals surface area contributed by atoms with Crippen LogP contribution in [0.25, 0.3) is 5.65 Å². The van der Waals surface area contributed by atoms with E-state index in [2.05, 4.69) is 29.0 Å². The van der Waals surface area contributed by atoms with Gasteiger partial charge in [-0.1, -0.05) is 38.1 Å². The maximum Gasteiger partial charge on any atom is 0.416 e. The lowest BCUT2D eigenvalue weighted by molar-refractivity contribution is -0.137. The second-order valence-electron chi connectivity index (χ2n) is 9.09. The van der Waals surface area contributed by atoms with Crippen LogP contribution in [0.5, 0.6) is 0 Å². The fourth-order valence-corrected chi connectivity index (χ4v) is 4.51. The van der Waals surface area contributed by atoms with Gasteiger partial charge in [0.2, 0.25) is 5.91 Å². The molecular weight excluding hydrogens is 453 g/mol. The van der Waals surface area contributed by atoms with Gasteiger partial charge in [-0.3, -0.25) is 4.79 Å². The van der Waals surface area contributed by atoms with Gasteiger partial charge in [-0.25, -0.2) is 4.98 Å². The number of hydrogen-bond donors (Lipinski definition) is 1. The second-order valence-corrected chi connectivity index (χ2v) is 9.09. The van der Waals surface area contributed by atoms with E-state index in [0.717, 1.165) is 55.8 Å². The molecule has 0 saturated heterocycles. The molecule has 0 saturated carbocycles. The van der Waals surface area contributed by atoms with Crippen molar-refractivity contribution in [1.29, 1.82) is 0 Å². The summed E-state index contributed by atoms with van der Waals surface area (Å²) in [5, 5.41) is 3.05. The number of amides is 1. The molecule has 1 aromatic carbocycles. The summed E-state index contributed by atoms with van der Waals surface area (Å²) in [4.78, 5) is 19.9. The summed E-state index contributed by atoms with van der Waals surface area (Å²) in [5.74, 6) is -0.762. The highest BCUT2D eigenvalue weighted by Crippen LogP contribution is 2.34. The summed E-state index contributed by atoms with van der Waals surface area (Å²) >= 11 is 0.